The van der Waals surface area contributed by atoms with Crippen molar-refractivity contribution >= 4 is 43.2 Å². The summed E-state index contributed by atoms with van der Waals surface area (Å²) < 4.78 is 76.3. The number of halogens is 3. The molecule has 5 heterocycles. The van der Waals surface area contributed by atoms with E-state index in [4.69, 9.17) is 19.4 Å². The number of anilines is 2. The first-order valence-electron chi connectivity index (χ1n) is 13.9. The van der Waals surface area contributed by atoms with Gasteiger partial charge in [-0.3, -0.25) is 9.62 Å². The second kappa shape index (κ2) is 12.0. The molecule has 0 amide bonds. The molecule has 0 bridgehead atoms. The number of aryl methyl sites for hydroxylation is 1. The van der Waals surface area contributed by atoms with Crippen molar-refractivity contribution in [1.82, 2.24) is 19.9 Å². The molecule has 11 nitrogen and oxygen atoms in total. The number of pyridine rings is 1. The highest BCUT2D eigenvalue weighted by Crippen LogP contribution is 2.40. The number of nitrogens with zero attached hydrogens (tertiary/aromatic N) is 5. The molecule has 3 aromatic heterocycles. The van der Waals surface area contributed by atoms with E-state index in [-0.39, 0.29) is 11.8 Å². The number of fused-ring (bicyclic) bond motifs is 1. The van der Waals surface area contributed by atoms with Crippen LogP contribution in [-0.2, 0) is 21.3 Å². The minimum atomic E-state index is -5.73. The van der Waals surface area contributed by atoms with Gasteiger partial charge in [0, 0.05) is 41.8 Å². The van der Waals surface area contributed by atoms with E-state index in [2.05, 4.69) is 9.88 Å². The number of piperidine rings is 1. The molecule has 43 heavy (non-hydrogen) atoms. The molecule has 0 aliphatic carbocycles. The van der Waals surface area contributed by atoms with Crippen LogP contribution in [0.15, 0.2) is 12.3 Å². The topological polar surface area (TPSA) is 130 Å². The van der Waals surface area contributed by atoms with E-state index in [1.807, 2.05) is 25.7 Å². The average Bonchev–Trinajstić information content (AvgIpc) is 3.26. The van der Waals surface area contributed by atoms with Gasteiger partial charge >= 0.3 is 15.5 Å². The second-order valence-corrected chi connectivity index (χ2v) is 14.2. The largest absolute Gasteiger partial charge is 0.516 e. The number of rotatable bonds is 8. The van der Waals surface area contributed by atoms with Gasteiger partial charge in [-0.25, -0.2) is 15.0 Å². The number of aromatic nitrogens is 3. The van der Waals surface area contributed by atoms with Crippen molar-refractivity contribution in [3.63, 3.8) is 0 Å². The van der Waals surface area contributed by atoms with Crippen molar-refractivity contribution in [2.75, 3.05) is 56.1 Å². The molecule has 0 saturated carbocycles. The lowest BCUT2D eigenvalue weighted by atomic mass is 9.83. The number of thiophene rings is 1. The summed E-state index contributed by atoms with van der Waals surface area (Å²) >= 11 is 1.47. The zero-order chi connectivity index (χ0) is 31.2. The van der Waals surface area contributed by atoms with E-state index in [9.17, 15) is 26.7 Å². The number of hydrogen-bond acceptors (Lipinski definition) is 11. The van der Waals surface area contributed by atoms with E-state index in [1.54, 1.807) is 4.72 Å². The van der Waals surface area contributed by atoms with Gasteiger partial charge in [-0.2, -0.15) is 21.6 Å². The van der Waals surface area contributed by atoms with Gasteiger partial charge in [0.2, 0.25) is 11.8 Å². The lowest BCUT2D eigenvalue weighted by Gasteiger charge is -2.37. The molecule has 0 atom stereocenters. The summed E-state index contributed by atoms with van der Waals surface area (Å²) in [6.07, 6.45) is 3.14. The lowest BCUT2D eigenvalue weighted by molar-refractivity contribution is -0.0429. The Balaban J connectivity index is 1.58. The lowest BCUT2D eigenvalue weighted by Crippen LogP contribution is -2.41. The molecule has 0 aromatic carbocycles. The van der Waals surface area contributed by atoms with Gasteiger partial charge < -0.3 is 19.5 Å². The highest BCUT2D eigenvalue weighted by Gasteiger charge is 2.46. The van der Waals surface area contributed by atoms with Crippen LogP contribution < -0.4 is 14.4 Å². The molecule has 0 radical (unpaired) electrons. The van der Waals surface area contributed by atoms with Gasteiger partial charge in [-0.15, -0.1) is 11.3 Å². The van der Waals surface area contributed by atoms with Crippen molar-refractivity contribution in [3.8, 4) is 17.1 Å². The standard InChI is InChI=1S/C27H35F3N6O5S2/c1-16-19(15-35-7-5-18(6-8-35)26(2,3)37)22-23(42-16)21(32-25(33-22)36-9-11-41-12-10-36)17-13-20(24(40-4)31-14-17)34-43(38,39)27(28,29)30/h13-14,18,34,37H,5-12,15H2,1-4H3. The minimum absolute atomic E-state index is 0.220. The smallest absolute Gasteiger partial charge is 0.480 e. The zero-order valence-electron chi connectivity index (χ0n) is 24.4. The monoisotopic (exact) mass is 644 g/mol. The van der Waals surface area contributed by atoms with Crippen LogP contribution in [0.2, 0.25) is 0 Å². The molecule has 2 fully saturated rings. The van der Waals surface area contributed by atoms with Crippen LogP contribution in [0.3, 0.4) is 0 Å². The molecule has 2 aliphatic rings. The fourth-order valence-electron chi connectivity index (χ4n) is 5.45. The first-order valence-corrected chi connectivity index (χ1v) is 16.2. The Morgan fingerprint density at radius 3 is 2.44 bits per heavy atom. The third kappa shape index (κ3) is 6.67. The van der Waals surface area contributed by atoms with Gasteiger partial charge in [-0.05, 0) is 58.7 Å². The van der Waals surface area contributed by atoms with Crippen LogP contribution in [0.5, 0.6) is 5.88 Å². The average molecular weight is 645 g/mol. The van der Waals surface area contributed by atoms with E-state index < -0.39 is 26.8 Å². The Bertz CT molecular complexity index is 1580. The molecule has 2 N–H and O–H groups in total. The van der Waals surface area contributed by atoms with Gasteiger partial charge in [0.05, 0.1) is 41.8 Å². The normalized spacial score (nSPS) is 17.9. The number of sulfonamides is 1. The SMILES string of the molecule is COc1ncc(-c2nc(N3CCOCC3)nc3c(CN4CCC(C(C)(C)O)CC4)c(C)sc23)cc1NS(=O)(=O)C(F)(F)F. The van der Waals surface area contributed by atoms with Crippen molar-refractivity contribution in [1.29, 1.82) is 0 Å². The molecule has 236 valence electrons. The van der Waals surface area contributed by atoms with E-state index in [1.165, 1.54) is 30.7 Å². The maximum Gasteiger partial charge on any atom is 0.516 e. The van der Waals surface area contributed by atoms with Crippen LogP contribution >= 0.6 is 11.3 Å². The highest BCUT2D eigenvalue weighted by molar-refractivity contribution is 7.93. The van der Waals surface area contributed by atoms with Crippen molar-refractivity contribution in [3.05, 3.63) is 22.7 Å². The Kier molecular flexibility index (Phi) is 8.79. The highest BCUT2D eigenvalue weighted by atomic mass is 32.2. The zero-order valence-corrected chi connectivity index (χ0v) is 26.0. The number of methoxy groups -OCH3 is 1. The molecular formula is C27H35F3N6O5S2. The van der Waals surface area contributed by atoms with Crippen LogP contribution in [0.25, 0.3) is 21.5 Å². The summed E-state index contributed by atoms with van der Waals surface area (Å²) in [6, 6.07) is 1.25. The minimum Gasteiger partial charge on any atom is -0.480 e. The van der Waals surface area contributed by atoms with Gasteiger partial charge in [0.25, 0.3) is 0 Å². The molecule has 0 unspecified atom stereocenters. The maximum absolute atomic E-state index is 13.2. The van der Waals surface area contributed by atoms with Crippen LogP contribution in [-0.4, -0.2) is 91.0 Å². The Hall–Kier alpha value is -2.79. The Morgan fingerprint density at radius 1 is 1.16 bits per heavy atom. The number of nitrogens with one attached hydrogen (secondary N) is 1. The first kappa shape index (κ1) is 31.6. The molecule has 2 aliphatic heterocycles. The molecule has 2 saturated heterocycles. The van der Waals surface area contributed by atoms with E-state index >= 15 is 0 Å². The van der Waals surface area contributed by atoms with Crippen LogP contribution in [0, 0.1) is 12.8 Å². The fourth-order valence-corrected chi connectivity index (χ4v) is 7.12. The number of aliphatic hydroxyl groups is 1. The molecule has 16 heteroatoms. The summed E-state index contributed by atoms with van der Waals surface area (Å²) in [5.41, 5.74) is -4.23. The van der Waals surface area contributed by atoms with Crippen LogP contribution in [0.4, 0.5) is 24.8 Å². The van der Waals surface area contributed by atoms with Gasteiger partial charge in [0.15, 0.2) is 0 Å². The summed E-state index contributed by atoms with van der Waals surface area (Å²) in [6.45, 7) is 10.1. The predicted octanol–water partition coefficient (Wildman–Crippen LogP) is 4.15. The molecule has 3 aromatic rings. The van der Waals surface area contributed by atoms with Crippen molar-refractivity contribution in [2.24, 2.45) is 5.92 Å². The Labute approximate surface area is 252 Å². The summed E-state index contributed by atoms with van der Waals surface area (Å²) in [4.78, 5) is 19.2. The molecular weight excluding hydrogens is 609 g/mol. The van der Waals surface area contributed by atoms with Crippen LogP contribution in [0.1, 0.15) is 37.1 Å². The Morgan fingerprint density at radius 2 is 1.84 bits per heavy atom. The first-order chi connectivity index (χ1) is 20.2. The number of hydrogen-bond donors (Lipinski definition) is 2. The second-order valence-electron chi connectivity index (χ2n) is 11.3. The van der Waals surface area contributed by atoms with E-state index in [0.717, 1.165) is 41.9 Å². The third-order valence-electron chi connectivity index (χ3n) is 7.95. The summed E-state index contributed by atoms with van der Waals surface area (Å²) in [5.74, 6) is 0.351. The fraction of sp³-hybridized carbons (Fsp3) is 0.593. The quantitative estimate of drug-likeness (QED) is 0.369. The van der Waals surface area contributed by atoms with Crippen molar-refractivity contribution in [2.45, 2.75) is 51.3 Å². The van der Waals surface area contributed by atoms with Gasteiger partial charge in [-0.1, -0.05) is 0 Å². The number of morpholine rings is 1. The summed E-state index contributed by atoms with van der Waals surface area (Å²) in [7, 11) is -4.54. The van der Waals surface area contributed by atoms with Gasteiger partial charge in [0.1, 0.15) is 5.69 Å². The number of likely N-dealkylation sites (tertiary alicyclic amines) is 1. The molecule has 5 rings (SSSR count). The number of alkyl halides is 3. The van der Waals surface area contributed by atoms with E-state index in [0.29, 0.717) is 54.8 Å². The third-order valence-corrected chi connectivity index (χ3v) is 10.2. The predicted molar refractivity (Wildman–Crippen MR) is 158 cm³/mol. The molecule has 0 spiro atoms. The number of ether oxygens (including phenoxy) is 2. The maximum atomic E-state index is 13.2. The summed E-state index contributed by atoms with van der Waals surface area (Å²) in [5, 5.41) is 10.5. The van der Waals surface area contributed by atoms with Crippen molar-refractivity contribution < 1.29 is 36.2 Å².